The molecule has 28 heavy (non-hydrogen) atoms. The van der Waals surface area contributed by atoms with E-state index in [1.165, 1.54) is 6.07 Å². The number of carbonyl (C=O) groups excluding carboxylic acids is 1. The number of hydrogen-bond acceptors (Lipinski definition) is 2. The predicted molar refractivity (Wildman–Crippen MR) is 101 cm³/mol. The molecule has 1 aromatic carbocycles. The van der Waals surface area contributed by atoms with Crippen LogP contribution in [0.5, 0.6) is 0 Å². The first-order valence-electron chi connectivity index (χ1n) is 9.81. The summed E-state index contributed by atoms with van der Waals surface area (Å²) in [7, 11) is 0. The minimum Gasteiger partial charge on any atom is -0.341 e. The fourth-order valence-electron chi connectivity index (χ4n) is 3.95. The van der Waals surface area contributed by atoms with Crippen LogP contribution in [0.25, 0.3) is 0 Å². The number of carbonyl (C=O) groups is 1. The Morgan fingerprint density at radius 2 is 2.07 bits per heavy atom. The minimum absolute atomic E-state index is 0.0492. The molecule has 0 unspecified atom stereocenters. The summed E-state index contributed by atoms with van der Waals surface area (Å²) in [5, 5.41) is 0. The van der Waals surface area contributed by atoms with Gasteiger partial charge in [-0.05, 0) is 43.2 Å². The molecular formula is C21H26F3N3O. The van der Waals surface area contributed by atoms with Crippen molar-refractivity contribution in [3.63, 3.8) is 0 Å². The second kappa shape index (κ2) is 8.80. The molecule has 1 atom stereocenters. The van der Waals surface area contributed by atoms with Crippen LogP contribution >= 0.6 is 0 Å². The minimum atomic E-state index is -4.33. The molecule has 0 N–H and O–H groups in total. The lowest BCUT2D eigenvalue weighted by Crippen LogP contribution is -2.41. The maximum Gasteiger partial charge on any atom is 0.416 e. The Balaban J connectivity index is 1.58. The Hall–Kier alpha value is -2.31. The second-order valence-corrected chi connectivity index (χ2v) is 7.37. The van der Waals surface area contributed by atoms with E-state index in [0.717, 1.165) is 31.2 Å². The number of hydrogen-bond donors (Lipinski definition) is 0. The van der Waals surface area contributed by atoms with Crippen molar-refractivity contribution in [2.45, 2.75) is 51.7 Å². The highest BCUT2D eigenvalue weighted by Crippen LogP contribution is 2.33. The summed E-state index contributed by atoms with van der Waals surface area (Å²) < 4.78 is 41.4. The number of alkyl halides is 3. The standard InChI is InChI=1S/C21H26F3N3O/c1-2-19-25-11-13-26(19)15-20(28)27-12-5-6-16(14-27)9-10-17-7-3-4-8-18(17)21(22,23)24/h3-4,7-8,11,13,16H,2,5-6,9-10,12,14-15H2,1H3/t16-/m1/s1. The first-order valence-corrected chi connectivity index (χ1v) is 9.81. The van der Waals surface area contributed by atoms with Gasteiger partial charge in [0.15, 0.2) is 0 Å². The molecule has 4 nitrogen and oxygen atoms in total. The highest BCUT2D eigenvalue weighted by molar-refractivity contribution is 5.76. The molecule has 2 aromatic rings. The lowest BCUT2D eigenvalue weighted by Gasteiger charge is -2.33. The van der Waals surface area contributed by atoms with Crippen LogP contribution in [0.4, 0.5) is 13.2 Å². The number of amides is 1. The molecule has 1 aromatic heterocycles. The summed E-state index contributed by atoms with van der Waals surface area (Å²) >= 11 is 0. The van der Waals surface area contributed by atoms with E-state index in [0.29, 0.717) is 31.5 Å². The Morgan fingerprint density at radius 1 is 1.29 bits per heavy atom. The number of imidazole rings is 1. The average molecular weight is 393 g/mol. The molecule has 0 bridgehead atoms. The highest BCUT2D eigenvalue weighted by atomic mass is 19.4. The van der Waals surface area contributed by atoms with Gasteiger partial charge < -0.3 is 9.47 Å². The van der Waals surface area contributed by atoms with Gasteiger partial charge in [-0.25, -0.2) is 4.98 Å². The molecular weight excluding hydrogens is 367 g/mol. The van der Waals surface area contributed by atoms with Crippen molar-refractivity contribution in [2.24, 2.45) is 5.92 Å². The first kappa shape index (κ1) is 20.4. The fraction of sp³-hybridized carbons (Fsp3) is 0.524. The molecule has 0 radical (unpaired) electrons. The van der Waals surface area contributed by atoms with Gasteiger partial charge in [-0.2, -0.15) is 13.2 Å². The van der Waals surface area contributed by atoms with Gasteiger partial charge in [0.2, 0.25) is 5.91 Å². The van der Waals surface area contributed by atoms with Gasteiger partial charge in [-0.15, -0.1) is 0 Å². The Morgan fingerprint density at radius 3 is 2.82 bits per heavy atom. The Labute approximate surface area is 163 Å². The third-order valence-corrected chi connectivity index (χ3v) is 5.44. The SMILES string of the molecule is CCc1nccn1CC(=O)N1CCC[C@H](CCc2ccccc2C(F)(F)F)C1. The Kier molecular flexibility index (Phi) is 6.42. The first-order chi connectivity index (χ1) is 13.4. The number of aryl methyl sites for hydroxylation is 2. The molecule has 0 aliphatic carbocycles. The molecule has 2 heterocycles. The molecule has 3 rings (SSSR count). The summed E-state index contributed by atoms with van der Waals surface area (Å²) in [6, 6.07) is 5.77. The summed E-state index contributed by atoms with van der Waals surface area (Å²) in [4.78, 5) is 18.8. The van der Waals surface area contributed by atoms with Crippen molar-refractivity contribution in [3.8, 4) is 0 Å². The van der Waals surface area contributed by atoms with Crippen LogP contribution in [0.3, 0.4) is 0 Å². The van der Waals surface area contributed by atoms with Gasteiger partial charge in [0, 0.05) is 31.9 Å². The van der Waals surface area contributed by atoms with E-state index in [1.807, 2.05) is 22.6 Å². The van der Waals surface area contributed by atoms with Crippen molar-refractivity contribution < 1.29 is 18.0 Å². The smallest absolute Gasteiger partial charge is 0.341 e. The van der Waals surface area contributed by atoms with E-state index in [-0.39, 0.29) is 18.4 Å². The van der Waals surface area contributed by atoms with Crippen LogP contribution in [0.1, 0.15) is 43.1 Å². The number of halogens is 3. The van der Waals surface area contributed by atoms with E-state index in [1.54, 1.807) is 18.3 Å². The van der Waals surface area contributed by atoms with Crippen LogP contribution in [-0.2, 0) is 30.4 Å². The summed E-state index contributed by atoms with van der Waals surface area (Å²) in [5.74, 6) is 1.16. The third-order valence-electron chi connectivity index (χ3n) is 5.44. The predicted octanol–water partition coefficient (Wildman–Crippen LogP) is 4.34. The number of piperidine rings is 1. The lowest BCUT2D eigenvalue weighted by molar-refractivity contribution is -0.138. The summed E-state index contributed by atoms with van der Waals surface area (Å²) in [6.07, 6.45) is 2.82. The van der Waals surface area contributed by atoms with E-state index in [9.17, 15) is 18.0 Å². The molecule has 1 amide bonds. The lowest BCUT2D eigenvalue weighted by atomic mass is 9.90. The van der Waals surface area contributed by atoms with Crippen LogP contribution in [0.15, 0.2) is 36.7 Å². The summed E-state index contributed by atoms with van der Waals surface area (Å²) in [5.41, 5.74) is -0.213. The fourth-order valence-corrected chi connectivity index (χ4v) is 3.95. The largest absolute Gasteiger partial charge is 0.416 e. The maximum atomic E-state index is 13.2. The second-order valence-electron chi connectivity index (χ2n) is 7.37. The van der Waals surface area contributed by atoms with Crippen molar-refractivity contribution in [1.82, 2.24) is 14.5 Å². The van der Waals surface area contributed by atoms with E-state index in [2.05, 4.69) is 4.98 Å². The molecule has 1 aliphatic rings. The Bertz CT molecular complexity index is 800. The van der Waals surface area contributed by atoms with Crippen molar-refractivity contribution >= 4 is 5.91 Å². The zero-order valence-electron chi connectivity index (χ0n) is 16.1. The zero-order valence-corrected chi connectivity index (χ0v) is 16.1. The van der Waals surface area contributed by atoms with Crippen LogP contribution in [-0.4, -0.2) is 33.4 Å². The van der Waals surface area contributed by atoms with Crippen molar-refractivity contribution in [3.05, 3.63) is 53.6 Å². The van der Waals surface area contributed by atoms with E-state index >= 15 is 0 Å². The van der Waals surface area contributed by atoms with Gasteiger partial charge >= 0.3 is 6.18 Å². The highest BCUT2D eigenvalue weighted by Gasteiger charge is 2.33. The molecule has 0 saturated carbocycles. The molecule has 1 fully saturated rings. The monoisotopic (exact) mass is 393 g/mol. The van der Waals surface area contributed by atoms with Crippen LogP contribution in [0.2, 0.25) is 0 Å². The zero-order chi connectivity index (χ0) is 20.1. The molecule has 7 heteroatoms. The number of likely N-dealkylation sites (tertiary alicyclic amines) is 1. The molecule has 152 valence electrons. The molecule has 0 spiro atoms. The number of nitrogens with zero attached hydrogens (tertiary/aromatic N) is 3. The van der Waals surface area contributed by atoms with Crippen LogP contribution < -0.4 is 0 Å². The quantitative estimate of drug-likeness (QED) is 0.732. The topological polar surface area (TPSA) is 38.1 Å². The average Bonchev–Trinajstić information content (AvgIpc) is 3.13. The van der Waals surface area contributed by atoms with Crippen molar-refractivity contribution in [1.29, 1.82) is 0 Å². The molecule has 1 saturated heterocycles. The van der Waals surface area contributed by atoms with Gasteiger partial charge in [0.1, 0.15) is 12.4 Å². The molecule has 1 aliphatic heterocycles. The van der Waals surface area contributed by atoms with E-state index < -0.39 is 11.7 Å². The van der Waals surface area contributed by atoms with Gasteiger partial charge in [0.25, 0.3) is 0 Å². The number of benzene rings is 1. The number of rotatable bonds is 6. The maximum absolute atomic E-state index is 13.2. The van der Waals surface area contributed by atoms with Gasteiger partial charge in [-0.1, -0.05) is 25.1 Å². The van der Waals surface area contributed by atoms with E-state index in [4.69, 9.17) is 0 Å². The third kappa shape index (κ3) is 4.94. The van der Waals surface area contributed by atoms with Gasteiger partial charge in [-0.3, -0.25) is 4.79 Å². The van der Waals surface area contributed by atoms with Gasteiger partial charge in [0.05, 0.1) is 5.56 Å². The number of aromatic nitrogens is 2. The van der Waals surface area contributed by atoms with Crippen LogP contribution in [0, 0.1) is 5.92 Å². The van der Waals surface area contributed by atoms with Crippen molar-refractivity contribution in [2.75, 3.05) is 13.1 Å². The normalized spacial score (nSPS) is 17.7. The summed E-state index contributed by atoms with van der Waals surface area (Å²) in [6.45, 7) is 3.60.